The van der Waals surface area contributed by atoms with Crippen molar-refractivity contribution in [3.63, 3.8) is 0 Å². The molecule has 3 aromatic rings. The van der Waals surface area contributed by atoms with Crippen molar-refractivity contribution < 1.29 is 14.1 Å². The molecule has 2 aliphatic rings. The summed E-state index contributed by atoms with van der Waals surface area (Å²) in [5, 5.41) is 4.31. The molecule has 0 radical (unpaired) electrons. The maximum atomic E-state index is 13.2. The van der Waals surface area contributed by atoms with Gasteiger partial charge in [0.15, 0.2) is 5.82 Å². The molecule has 1 amide bonds. The average Bonchev–Trinajstić information content (AvgIpc) is 3.61. The van der Waals surface area contributed by atoms with E-state index in [0.717, 1.165) is 35.5 Å². The second-order valence-electron chi connectivity index (χ2n) is 9.02. The number of hydrogen-bond donors (Lipinski definition) is 0. The largest absolute Gasteiger partial charge is 0.494 e. The Balaban J connectivity index is 1.34. The van der Waals surface area contributed by atoms with Crippen LogP contribution in [0.1, 0.15) is 73.2 Å². The number of carbonyl (C=O) groups excluding carboxylic acids is 1. The number of hydrogen-bond acceptors (Lipinski definition) is 6. The van der Waals surface area contributed by atoms with Crippen LogP contribution in [0.5, 0.6) is 5.75 Å². The lowest BCUT2D eigenvalue weighted by atomic mass is 9.90. The minimum atomic E-state index is -0.0267. The van der Waals surface area contributed by atoms with Gasteiger partial charge in [-0.05, 0) is 49.1 Å². The first-order valence-corrected chi connectivity index (χ1v) is 11.9. The molecule has 1 saturated carbocycles. The van der Waals surface area contributed by atoms with Gasteiger partial charge >= 0.3 is 0 Å². The predicted octanol–water partition coefficient (Wildman–Crippen LogP) is 4.47. The van der Waals surface area contributed by atoms with Crippen LogP contribution >= 0.6 is 0 Å². The van der Waals surface area contributed by atoms with Crippen LogP contribution in [0.4, 0.5) is 0 Å². The lowest BCUT2D eigenvalue weighted by Gasteiger charge is -2.16. The van der Waals surface area contributed by atoms with Gasteiger partial charge in [-0.15, -0.1) is 0 Å². The van der Waals surface area contributed by atoms with E-state index in [-0.39, 0.29) is 17.7 Å². The molecule has 0 unspecified atom stereocenters. The molecule has 2 fully saturated rings. The van der Waals surface area contributed by atoms with Gasteiger partial charge in [0.25, 0.3) is 0 Å². The Labute approximate surface area is 194 Å². The zero-order chi connectivity index (χ0) is 22.6. The van der Waals surface area contributed by atoms with Gasteiger partial charge < -0.3 is 14.2 Å². The van der Waals surface area contributed by atoms with E-state index in [2.05, 4.69) is 16.2 Å². The van der Waals surface area contributed by atoms with Crippen LogP contribution in [0.15, 0.2) is 53.3 Å². The minimum Gasteiger partial charge on any atom is -0.494 e. The van der Waals surface area contributed by atoms with E-state index in [1.54, 1.807) is 6.20 Å². The molecule has 7 heteroatoms. The third-order valence-corrected chi connectivity index (χ3v) is 6.87. The molecule has 172 valence electrons. The van der Waals surface area contributed by atoms with E-state index in [1.165, 1.54) is 12.8 Å². The second kappa shape index (κ2) is 9.73. The molecule has 5 rings (SSSR count). The molecule has 0 N–H and O–H groups in total. The van der Waals surface area contributed by atoms with Crippen molar-refractivity contribution in [2.45, 2.75) is 56.8 Å². The number of aromatic nitrogens is 3. The highest BCUT2D eigenvalue weighted by atomic mass is 16.5. The Morgan fingerprint density at radius 3 is 2.64 bits per heavy atom. The number of carbonyl (C=O) groups is 1. The molecule has 33 heavy (non-hydrogen) atoms. The maximum absolute atomic E-state index is 13.2. The Morgan fingerprint density at radius 1 is 1.12 bits per heavy atom. The Bertz CT molecular complexity index is 1060. The molecule has 2 aromatic heterocycles. The quantitative estimate of drug-likeness (QED) is 0.533. The minimum absolute atomic E-state index is 0.0267. The fourth-order valence-corrected chi connectivity index (χ4v) is 5.10. The van der Waals surface area contributed by atoms with Gasteiger partial charge in [0.1, 0.15) is 5.75 Å². The van der Waals surface area contributed by atoms with Gasteiger partial charge in [0, 0.05) is 37.3 Å². The van der Waals surface area contributed by atoms with Crippen molar-refractivity contribution in [2.75, 3.05) is 19.7 Å². The Hall–Kier alpha value is -3.22. The summed E-state index contributed by atoms with van der Waals surface area (Å²) in [5.41, 5.74) is 2.07. The van der Waals surface area contributed by atoms with Crippen molar-refractivity contribution in [3.05, 3.63) is 71.6 Å². The first-order chi connectivity index (χ1) is 16.2. The van der Waals surface area contributed by atoms with Crippen LogP contribution in [0.3, 0.4) is 0 Å². The van der Waals surface area contributed by atoms with Gasteiger partial charge in [-0.25, -0.2) is 0 Å². The molecule has 0 bridgehead atoms. The van der Waals surface area contributed by atoms with Gasteiger partial charge in [-0.3, -0.25) is 9.78 Å². The highest BCUT2D eigenvalue weighted by Crippen LogP contribution is 2.40. The van der Waals surface area contributed by atoms with E-state index in [4.69, 9.17) is 14.2 Å². The van der Waals surface area contributed by atoms with Crippen molar-refractivity contribution in [1.29, 1.82) is 0 Å². The monoisotopic (exact) mass is 446 g/mol. The van der Waals surface area contributed by atoms with Crippen LogP contribution in [-0.4, -0.2) is 45.6 Å². The zero-order valence-corrected chi connectivity index (χ0v) is 19.0. The topological polar surface area (TPSA) is 81.4 Å². The number of rotatable bonds is 7. The fraction of sp³-hybridized carbons (Fsp3) is 0.462. The molecular formula is C26H30N4O3. The van der Waals surface area contributed by atoms with Crippen LogP contribution < -0.4 is 4.74 Å². The van der Waals surface area contributed by atoms with Crippen LogP contribution in [0.2, 0.25) is 0 Å². The summed E-state index contributed by atoms with van der Waals surface area (Å²) in [6, 6.07) is 11.8. The smallest absolute Gasteiger partial charge is 0.232 e. The highest BCUT2D eigenvalue weighted by molar-refractivity contribution is 5.79. The fourth-order valence-electron chi connectivity index (χ4n) is 5.10. The number of benzene rings is 1. The normalized spacial score (nSPS) is 20.9. The molecule has 1 aromatic carbocycles. The van der Waals surface area contributed by atoms with E-state index in [0.29, 0.717) is 37.9 Å². The summed E-state index contributed by atoms with van der Waals surface area (Å²) < 4.78 is 11.3. The maximum Gasteiger partial charge on any atom is 0.232 e. The lowest BCUT2D eigenvalue weighted by molar-refractivity contribution is -0.129. The highest BCUT2D eigenvalue weighted by Gasteiger charge is 2.40. The molecule has 1 aliphatic heterocycles. The van der Waals surface area contributed by atoms with Crippen LogP contribution in [0, 0.1) is 0 Å². The van der Waals surface area contributed by atoms with Gasteiger partial charge in [0.05, 0.1) is 18.9 Å². The molecule has 7 nitrogen and oxygen atoms in total. The van der Waals surface area contributed by atoms with Gasteiger partial charge in [-0.1, -0.05) is 36.2 Å². The number of ether oxygens (including phenoxy) is 1. The summed E-state index contributed by atoms with van der Waals surface area (Å²) in [6.45, 7) is 3.77. The summed E-state index contributed by atoms with van der Waals surface area (Å²) in [7, 11) is 0. The summed E-state index contributed by atoms with van der Waals surface area (Å²) in [6.07, 6.45) is 8.72. The number of nitrogens with zero attached hydrogens (tertiary/aromatic N) is 4. The summed E-state index contributed by atoms with van der Waals surface area (Å²) in [4.78, 5) is 24.2. The van der Waals surface area contributed by atoms with Crippen molar-refractivity contribution in [2.24, 2.45) is 0 Å². The first-order valence-electron chi connectivity index (χ1n) is 11.9. The van der Waals surface area contributed by atoms with Gasteiger partial charge in [-0.2, -0.15) is 4.98 Å². The Kier molecular flexibility index (Phi) is 6.37. The average molecular weight is 447 g/mol. The third-order valence-electron chi connectivity index (χ3n) is 6.87. The Morgan fingerprint density at radius 2 is 1.91 bits per heavy atom. The molecule has 2 atom stereocenters. The number of likely N-dealkylation sites (tertiary alicyclic amines) is 1. The third kappa shape index (κ3) is 4.77. The SMILES string of the molecule is CCOc1ccc(CC(=O)N2C[C@@H](c3cccnc3)[C@H](c3nc(C4CCCC4)no3)C2)cc1. The zero-order valence-electron chi connectivity index (χ0n) is 19.0. The van der Waals surface area contributed by atoms with E-state index in [1.807, 2.05) is 48.4 Å². The van der Waals surface area contributed by atoms with Crippen molar-refractivity contribution in [1.82, 2.24) is 20.0 Å². The molecule has 3 heterocycles. The van der Waals surface area contributed by atoms with Crippen molar-refractivity contribution >= 4 is 5.91 Å². The molecular weight excluding hydrogens is 416 g/mol. The number of pyridine rings is 1. The molecule has 1 saturated heterocycles. The lowest BCUT2D eigenvalue weighted by Crippen LogP contribution is -2.30. The standard InChI is InChI=1S/C26H30N4O3/c1-2-32-21-11-9-18(10-12-21)14-24(31)30-16-22(20-8-5-13-27-15-20)23(17-30)26-28-25(29-33-26)19-6-3-4-7-19/h5,8-13,15,19,22-23H,2-4,6-7,14,16-17H2,1H3/t22-,23+/m0/s1. The molecule has 1 aliphatic carbocycles. The summed E-state index contributed by atoms with van der Waals surface area (Å²) in [5.74, 6) is 2.85. The van der Waals surface area contributed by atoms with E-state index in [9.17, 15) is 4.79 Å². The van der Waals surface area contributed by atoms with Crippen LogP contribution in [0.25, 0.3) is 0 Å². The van der Waals surface area contributed by atoms with Crippen molar-refractivity contribution in [3.8, 4) is 5.75 Å². The second-order valence-corrected chi connectivity index (χ2v) is 9.02. The van der Waals surface area contributed by atoms with E-state index >= 15 is 0 Å². The number of amides is 1. The first kappa shape index (κ1) is 21.6. The predicted molar refractivity (Wildman–Crippen MR) is 123 cm³/mol. The van der Waals surface area contributed by atoms with E-state index < -0.39 is 0 Å². The molecule has 0 spiro atoms. The van der Waals surface area contributed by atoms with Gasteiger partial charge in [0.2, 0.25) is 11.8 Å². The van der Waals surface area contributed by atoms with Crippen LogP contribution in [-0.2, 0) is 11.2 Å². The summed E-state index contributed by atoms with van der Waals surface area (Å²) >= 11 is 0.